The van der Waals surface area contributed by atoms with Crippen LogP contribution < -0.4 is 10.6 Å². The second-order valence-corrected chi connectivity index (χ2v) is 5.46. The van der Waals surface area contributed by atoms with Crippen molar-refractivity contribution in [1.82, 2.24) is 9.97 Å². The molecule has 0 aliphatic heterocycles. The molecular formula is C14H23FN4O. The fraction of sp³-hybridized carbons (Fsp3) is 0.714. The van der Waals surface area contributed by atoms with Gasteiger partial charge in [0.2, 0.25) is 5.95 Å². The third kappa shape index (κ3) is 4.03. The average molecular weight is 282 g/mol. The summed E-state index contributed by atoms with van der Waals surface area (Å²) in [5.41, 5.74) is -0.743. The summed E-state index contributed by atoms with van der Waals surface area (Å²) < 4.78 is 13.7. The summed E-state index contributed by atoms with van der Waals surface area (Å²) in [6.07, 6.45) is 6.82. The Kier molecular flexibility index (Phi) is 5.11. The maximum absolute atomic E-state index is 13.7. The van der Waals surface area contributed by atoms with Crippen LogP contribution in [0.4, 0.5) is 16.2 Å². The SMILES string of the molecule is CCCNc1ncc(F)c(NCC2(O)CCCCC2)n1. The second kappa shape index (κ2) is 6.83. The van der Waals surface area contributed by atoms with Crippen LogP contribution in [0.1, 0.15) is 45.4 Å². The number of hydrogen-bond donors (Lipinski definition) is 3. The fourth-order valence-corrected chi connectivity index (χ4v) is 2.45. The van der Waals surface area contributed by atoms with Crippen LogP contribution in [0.25, 0.3) is 0 Å². The number of anilines is 2. The Bertz CT molecular complexity index is 435. The molecule has 0 aromatic carbocycles. The Hall–Kier alpha value is -1.43. The molecule has 1 fully saturated rings. The number of rotatable bonds is 6. The Labute approximate surface area is 119 Å². The van der Waals surface area contributed by atoms with E-state index in [1.54, 1.807) is 0 Å². The molecule has 2 rings (SSSR count). The first-order chi connectivity index (χ1) is 9.63. The van der Waals surface area contributed by atoms with Gasteiger partial charge in [-0.1, -0.05) is 26.2 Å². The number of nitrogens with zero attached hydrogens (tertiary/aromatic N) is 2. The predicted molar refractivity (Wildman–Crippen MR) is 77.3 cm³/mol. The number of nitrogens with one attached hydrogen (secondary N) is 2. The number of hydrogen-bond acceptors (Lipinski definition) is 5. The largest absolute Gasteiger partial charge is 0.388 e. The quantitative estimate of drug-likeness (QED) is 0.748. The summed E-state index contributed by atoms with van der Waals surface area (Å²) in [6.45, 7) is 3.11. The normalized spacial score (nSPS) is 17.8. The first-order valence-electron chi connectivity index (χ1n) is 7.36. The van der Waals surface area contributed by atoms with Crippen LogP contribution in [-0.4, -0.2) is 33.8 Å². The molecule has 1 aromatic rings. The fourth-order valence-electron chi connectivity index (χ4n) is 2.45. The zero-order valence-corrected chi connectivity index (χ0v) is 12.0. The minimum Gasteiger partial charge on any atom is -0.388 e. The minimum atomic E-state index is -0.743. The van der Waals surface area contributed by atoms with E-state index in [1.807, 2.05) is 6.92 Å². The molecule has 0 radical (unpaired) electrons. The lowest BCUT2D eigenvalue weighted by molar-refractivity contribution is 0.0166. The molecule has 1 heterocycles. The van der Waals surface area contributed by atoms with Crippen LogP contribution >= 0.6 is 0 Å². The van der Waals surface area contributed by atoms with Gasteiger partial charge in [-0.05, 0) is 19.3 Å². The highest BCUT2D eigenvalue weighted by Crippen LogP contribution is 2.28. The van der Waals surface area contributed by atoms with Crippen molar-refractivity contribution in [3.8, 4) is 0 Å². The zero-order chi connectivity index (χ0) is 14.4. The van der Waals surface area contributed by atoms with Crippen LogP contribution in [-0.2, 0) is 0 Å². The molecule has 5 nitrogen and oxygen atoms in total. The van der Waals surface area contributed by atoms with E-state index in [-0.39, 0.29) is 5.82 Å². The van der Waals surface area contributed by atoms with Crippen molar-refractivity contribution in [2.75, 3.05) is 23.7 Å². The van der Waals surface area contributed by atoms with E-state index >= 15 is 0 Å². The van der Waals surface area contributed by atoms with Gasteiger partial charge in [0.15, 0.2) is 11.6 Å². The van der Waals surface area contributed by atoms with E-state index < -0.39 is 11.4 Å². The summed E-state index contributed by atoms with van der Waals surface area (Å²) in [7, 11) is 0. The molecule has 112 valence electrons. The van der Waals surface area contributed by atoms with Gasteiger partial charge in [-0.25, -0.2) is 9.37 Å². The van der Waals surface area contributed by atoms with E-state index in [0.717, 1.165) is 51.3 Å². The summed E-state index contributed by atoms with van der Waals surface area (Å²) in [5, 5.41) is 16.3. The summed E-state index contributed by atoms with van der Waals surface area (Å²) in [6, 6.07) is 0. The molecule has 1 aromatic heterocycles. The van der Waals surface area contributed by atoms with Crippen LogP contribution in [0, 0.1) is 5.82 Å². The second-order valence-electron chi connectivity index (χ2n) is 5.46. The van der Waals surface area contributed by atoms with Gasteiger partial charge in [0.1, 0.15) is 0 Å². The molecule has 3 N–H and O–H groups in total. The summed E-state index contributed by atoms with van der Waals surface area (Å²) in [4.78, 5) is 7.99. The molecule has 0 spiro atoms. The average Bonchev–Trinajstić information content (AvgIpc) is 2.46. The minimum absolute atomic E-state index is 0.151. The first-order valence-corrected chi connectivity index (χ1v) is 7.36. The number of aliphatic hydroxyl groups is 1. The molecule has 1 saturated carbocycles. The Morgan fingerprint density at radius 1 is 1.30 bits per heavy atom. The van der Waals surface area contributed by atoms with E-state index in [9.17, 15) is 9.50 Å². The third-order valence-corrected chi connectivity index (χ3v) is 3.65. The van der Waals surface area contributed by atoms with Crippen LogP contribution in [0.5, 0.6) is 0 Å². The lowest BCUT2D eigenvalue weighted by atomic mass is 9.85. The van der Waals surface area contributed by atoms with Crippen molar-refractivity contribution in [2.24, 2.45) is 0 Å². The van der Waals surface area contributed by atoms with E-state index in [0.29, 0.717) is 12.5 Å². The molecule has 0 amide bonds. The maximum Gasteiger partial charge on any atom is 0.224 e. The van der Waals surface area contributed by atoms with Crippen LogP contribution in [0.2, 0.25) is 0 Å². The van der Waals surface area contributed by atoms with Crippen LogP contribution in [0.3, 0.4) is 0 Å². The maximum atomic E-state index is 13.7. The van der Waals surface area contributed by atoms with Gasteiger partial charge in [0.25, 0.3) is 0 Å². The number of halogens is 1. The lowest BCUT2D eigenvalue weighted by Crippen LogP contribution is -2.39. The molecular weight excluding hydrogens is 259 g/mol. The molecule has 0 bridgehead atoms. The highest BCUT2D eigenvalue weighted by Gasteiger charge is 2.29. The summed E-state index contributed by atoms with van der Waals surface area (Å²) >= 11 is 0. The molecule has 1 aliphatic rings. The zero-order valence-electron chi connectivity index (χ0n) is 12.0. The monoisotopic (exact) mass is 282 g/mol. The highest BCUT2D eigenvalue weighted by molar-refractivity contribution is 5.41. The Morgan fingerprint density at radius 2 is 2.05 bits per heavy atom. The molecule has 6 heteroatoms. The predicted octanol–water partition coefficient (Wildman–Crippen LogP) is 2.54. The van der Waals surface area contributed by atoms with Crippen molar-refractivity contribution in [1.29, 1.82) is 0 Å². The lowest BCUT2D eigenvalue weighted by Gasteiger charge is -2.32. The highest BCUT2D eigenvalue weighted by atomic mass is 19.1. The van der Waals surface area contributed by atoms with Gasteiger partial charge >= 0.3 is 0 Å². The van der Waals surface area contributed by atoms with Gasteiger partial charge in [0, 0.05) is 13.1 Å². The van der Waals surface area contributed by atoms with Gasteiger partial charge in [-0.2, -0.15) is 4.98 Å². The van der Waals surface area contributed by atoms with E-state index in [4.69, 9.17) is 0 Å². The molecule has 1 aliphatic carbocycles. The van der Waals surface area contributed by atoms with Gasteiger partial charge in [-0.3, -0.25) is 0 Å². The van der Waals surface area contributed by atoms with E-state index in [1.165, 1.54) is 0 Å². The number of aromatic nitrogens is 2. The van der Waals surface area contributed by atoms with Crippen molar-refractivity contribution in [3.63, 3.8) is 0 Å². The van der Waals surface area contributed by atoms with Gasteiger partial charge < -0.3 is 15.7 Å². The Balaban J connectivity index is 1.97. The van der Waals surface area contributed by atoms with Crippen molar-refractivity contribution in [3.05, 3.63) is 12.0 Å². The van der Waals surface area contributed by atoms with Crippen LogP contribution in [0.15, 0.2) is 6.20 Å². The topological polar surface area (TPSA) is 70.1 Å². The smallest absolute Gasteiger partial charge is 0.224 e. The van der Waals surface area contributed by atoms with Crippen molar-refractivity contribution >= 4 is 11.8 Å². The van der Waals surface area contributed by atoms with E-state index in [2.05, 4.69) is 20.6 Å². The third-order valence-electron chi connectivity index (χ3n) is 3.65. The molecule has 20 heavy (non-hydrogen) atoms. The van der Waals surface area contributed by atoms with Crippen molar-refractivity contribution < 1.29 is 9.50 Å². The standard InChI is InChI=1S/C14H23FN4O/c1-2-8-16-13-17-9-11(15)12(19-13)18-10-14(20)6-4-3-5-7-14/h9,20H,2-8,10H2,1H3,(H2,16,17,18,19). The van der Waals surface area contributed by atoms with Crippen molar-refractivity contribution in [2.45, 2.75) is 51.0 Å². The van der Waals surface area contributed by atoms with Gasteiger partial charge in [0.05, 0.1) is 11.8 Å². The molecule has 0 atom stereocenters. The molecule has 0 unspecified atom stereocenters. The van der Waals surface area contributed by atoms with Gasteiger partial charge in [-0.15, -0.1) is 0 Å². The Morgan fingerprint density at radius 3 is 2.75 bits per heavy atom. The summed E-state index contributed by atoms with van der Waals surface area (Å²) in [5.74, 6) is 0.0652. The first kappa shape index (κ1) is 15.0. The molecule has 0 saturated heterocycles.